The van der Waals surface area contributed by atoms with Crippen LogP contribution in [-0.2, 0) is 9.59 Å². The SMILES string of the molecule is CCN(C(=O)C1CNC(=O)C1)C(C)c1cccc(O)c1. The number of carbonyl (C=O) groups excluding carboxylic acids is 2. The number of phenols is 1. The second-order valence-electron chi connectivity index (χ2n) is 5.10. The van der Waals surface area contributed by atoms with E-state index in [1.807, 2.05) is 19.9 Å². The summed E-state index contributed by atoms with van der Waals surface area (Å²) in [4.78, 5) is 25.5. The maximum absolute atomic E-state index is 12.5. The van der Waals surface area contributed by atoms with Crippen LogP contribution >= 0.6 is 0 Å². The van der Waals surface area contributed by atoms with E-state index in [0.29, 0.717) is 13.1 Å². The van der Waals surface area contributed by atoms with Gasteiger partial charge in [0, 0.05) is 19.5 Å². The first-order chi connectivity index (χ1) is 9.52. The van der Waals surface area contributed by atoms with Crippen LogP contribution in [0.2, 0.25) is 0 Å². The standard InChI is InChI=1S/C15H20N2O3/c1-3-17(15(20)12-8-14(19)16-9-12)10(2)11-5-4-6-13(18)7-11/h4-7,10,12,18H,3,8-9H2,1-2H3,(H,16,19). The number of hydrogen-bond donors (Lipinski definition) is 2. The average molecular weight is 276 g/mol. The lowest BCUT2D eigenvalue weighted by molar-refractivity contribution is -0.137. The lowest BCUT2D eigenvalue weighted by Gasteiger charge is -2.30. The average Bonchev–Trinajstić information content (AvgIpc) is 2.86. The molecule has 0 aromatic heterocycles. The topological polar surface area (TPSA) is 69.6 Å². The molecule has 1 aliphatic rings. The van der Waals surface area contributed by atoms with E-state index in [-0.39, 0.29) is 35.9 Å². The van der Waals surface area contributed by atoms with Crippen LogP contribution in [0.15, 0.2) is 24.3 Å². The predicted octanol–water partition coefficient (Wildman–Crippen LogP) is 1.44. The number of carbonyl (C=O) groups is 2. The minimum absolute atomic E-state index is 0.0123. The van der Waals surface area contributed by atoms with Crippen molar-refractivity contribution < 1.29 is 14.7 Å². The lowest BCUT2D eigenvalue weighted by atomic mass is 10.0. The third-order valence-electron chi connectivity index (χ3n) is 3.77. The van der Waals surface area contributed by atoms with Gasteiger partial charge in [0.2, 0.25) is 11.8 Å². The van der Waals surface area contributed by atoms with Gasteiger partial charge in [-0.15, -0.1) is 0 Å². The van der Waals surface area contributed by atoms with Gasteiger partial charge in [0.05, 0.1) is 12.0 Å². The van der Waals surface area contributed by atoms with Crippen LogP contribution in [0.4, 0.5) is 0 Å². The normalized spacial score (nSPS) is 19.5. The van der Waals surface area contributed by atoms with Crippen LogP contribution in [0.25, 0.3) is 0 Å². The van der Waals surface area contributed by atoms with Crippen molar-refractivity contribution in [2.24, 2.45) is 5.92 Å². The van der Waals surface area contributed by atoms with Gasteiger partial charge in [-0.2, -0.15) is 0 Å². The highest BCUT2D eigenvalue weighted by atomic mass is 16.3. The van der Waals surface area contributed by atoms with E-state index in [0.717, 1.165) is 5.56 Å². The summed E-state index contributed by atoms with van der Waals surface area (Å²) < 4.78 is 0. The molecule has 1 aromatic rings. The molecule has 1 saturated heterocycles. The van der Waals surface area contributed by atoms with E-state index in [4.69, 9.17) is 0 Å². The van der Waals surface area contributed by atoms with E-state index in [9.17, 15) is 14.7 Å². The Hall–Kier alpha value is -2.04. The zero-order chi connectivity index (χ0) is 14.7. The molecular weight excluding hydrogens is 256 g/mol. The summed E-state index contributed by atoms with van der Waals surface area (Å²) in [5.74, 6) is -0.163. The van der Waals surface area contributed by atoms with E-state index in [2.05, 4.69) is 5.32 Å². The first kappa shape index (κ1) is 14.4. The van der Waals surface area contributed by atoms with Crippen LogP contribution in [0, 0.1) is 5.92 Å². The summed E-state index contributed by atoms with van der Waals surface area (Å²) in [5, 5.41) is 12.2. The highest BCUT2D eigenvalue weighted by Crippen LogP contribution is 2.26. The Morgan fingerprint density at radius 2 is 2.30 bits per heavy atom. The van der Waals surface area contributed by atoms with Crippen molar-refractivity contribution in [1.29, 1.82) is 0 Å². The monoisotopic (exact) mass is 276 g/mol. The Balaban J connectivity index is 2.15. The Labute approximate surface area is 118 Å². The second-order valence-corrected chi connectivity index (χ2v) is 5.10. The molecule has 5 nitrogen and oxygen atoms in total. The largest absolute Gasteiger partial charge is 0.508 e. The molecule has 2 amide bonds. The van der Waals surface area contributed by atoms with Gasteiger partial charge in [0.25, 0.3) is 0 Å². The Kier molecular flexibility index (Phi) is 4.27. The molecule has 1 aromatic carbocycles. The van der Waals surface area contributed by atoms with Crippen LogP contribution in [0.1, 0.15) is 31.9 Å². The molecule has 0 bridgehead atoms. The molecule has 2 unspecified atom stereocenters. The number of aromatic hydroxyl groups is 1. The number of benzene rings is 1. The highest BCUT2D eigenvalue weighted by molar-refractivity contribution is 5.89. The Bertz CT molecular complexity index is 516. The molecular formula is C15H20N2O3. The summed E-state index contributed by atoms with van der Waals surface area (Å²) in [5.41, 5.74) is 0.887. The molecule has 1 heterocycles. The van der Waals surface area contributed by atoms with E-state index >= 15 is 0 Å². The molecule has 1 fully saturated rings. The van der Waals surface area contributed by atoms with E-state index in [1.54, 1.807) is 23.1 Å². The number of hydrogen-bond acceptors (Lipinski definition) is 3. The molecule has 2 rings (SSSR count). The van der Waals surface area contributed by atoms with Gasteiger partial charge in [0.15, 0.2) is 0 Å². The van der Waals surface area contributed by atoms with Gasteiger partial charge in [-0.1, -0.05) is 12.1 Å². The summed E-state index contributed by atoms with van der Waals surface area (Å²) >= 11 is 0. The molecule has 20 heavy (non-hydrogen) atoms. The van der Waals surface area contributed by atoms with Crippen molar-refractivity contribution in [2.45, 2.75) is 26.3 Å². The number of nitrogens with zero attached hydrogens (tertiary/aromatic N) is 1. The quantitative estimate of drug-likeness (QED) is 0.874. The molecule has 0 radical (unpaired) electrons. The van der Waals surface area contributed by atoms with Crippen LogP contribution in [0.3, 0.4) is 0 Å². The van der Waals surface area contributed by atoms with Crippen molar-refractivity contribution in [1.82, 2.24) is 10.2 Å². The molecule has 0 aliphatic carbocycles. The molecule has 2 N–H and O–H groups in total. The molecule has 0 spiro atoms. The Morgan fingerprint density at radius 3 is 2.85 bits per heavy atom. The number of amides is 2. The number of phenolic OH excluding ortho intramolecular Hbond substituents is 1. The fourth-order valence-electron chi connectivity index (χ4n) is 2.60. The second kappa shape index (κ2) is 5.94. The van der Waals surface area contributed by atoms with Gasteiger partial charge in [-0.25, -0.2) is 0 Å². The lowest BCUT2D eigenvalue weighted by Crippen LogP contribution is -2.38. The number of rotatable bonds is 4. The van der Waals surface area contributed by atoms with E-state index < -0.39 is 0 Å². The van der Waals surface area contributed by atoms with Gasteiger partial charge in [0.1, 0.15) is 5.75 Å². The zero-order valence-electron chi connectivity index (χ0n) is 11.8. The van der Waals surface area contributed by atoms with Gasteiger partial charge in [-0.3, -0.25) is 9.59 Å². The molecule has 1 aliphatic heterocycles. The van der Waals surface area contributed by atoms with Gasteiger partial charge in [-0.05, 0) is 31.5 Å². The van der Waals surface area contributed by atoms with Crippen LogP contribution < -0.4 is 5.32 Å². The third-order valence-corrected chi connectivity index (χ3v) is 3.77. The smallest absolute Gasteiger partial charge is 0.228 e. The third kappa shape index (κ3) is 2.92. The van der Waals surface area contributed by atoms with Gasteiger partial charge < -0.3 is 15.3 Å². The Morgan fingerprint density at radius 1 is 1.55 bits per heavy atom. The maximum atomic E-state index is 12.5. The first-order valence-electron chi connectivity index (χ1n) is 6.89. The van der Waals surface area contributed by atoms with Crippen LogP contribution in [0.5, 0.6) is 5.75 Å². The summed E-state index contributed by atoms with van der Waals surface area (Å²) in [6.07, 6.45) is 0.266. The van der Waals surface area contributed by atoms with Gasteiger partial charge >= 0.3 is 0 Å². The zero-order valence-corrected chi connectivity index (χ0v) is 11.8. The van der Waals surface area contributed by atoms with Crippen molar-refractivity contribution in [2.75, 3.05) is 13.1 Å². The van der Waals surface area contributed by atoms with Crippen molar-refractivity contribution in [3.8, 4) is 5.75 Å². The molecule has 5 heteroatoms. The molecule has 108 valence electrons. The highest BCUT2D eigenvalue weighted by Gasteiger charge is 2.32. The molecule has 2 atom stereocenters. The molecule has 0 saturated carbocycles. The first-order valence-corrected chi connectivity index (χ1v) is 6.89. The fraction of sp³-hybridized carbons (Fsp3) is 0.467. The maximum Gasteiger partial charge on any atom is 0.228 e. The minimum atomic E-state index is -0.276. The fourth-order valence-corrected chi connectivity index (χ4v) is 2.60. The van der Waals surface area contributed by atoms with Crippen molar-refractivity contribution in [3.05, 3.63) is 29.8 Å². The predicted molar refractivity (Wildman–Crippen MR) is 75.0 cm³/mol. The number of nitrogens with one attached hydrogen (secondary N) is 1. The summed E-state index contributed by atoms with van der Waals surface area (Å²) in [7, 11) is 0. The summed E-state index contributed by atoms with van der Waals surface area (Å²) in [6, 6.07) is 6.79. The minimum Gasteiger partial charge on any atom is -0.508 e. The van der Waals surface area contributed by atoms with Crippen LogP contribution in [-0.4, -0.2) is 34.9 Å². The van der Waals surface area contributed by atoms with Crippen molar-refractivity contribution >= 4 is 11.8 Å². The van der Waals surface area contributed by atoms with E-state index in [1.165, 1.54) is 0 Å². The summed E-state index contributed by atoms with van der Waals surface area (Å²) in [6.45, 7) is 4.84. The van der Waals surface area contributed by atoms with Crippen molar-refractivity contribution in [3.63, 3.8) is 0 Å².